The zero-order valence-electron chi connectivity index (χ0n) is 19.6. The topological polar surface area (TPSA) is 93.6 Å². The summed E-state index contributed by atoms with van der Waals surface area (Å²) in [7, 11) is 0. The standard InChI is InChI=1S/C25H28F2N6O/c1-4-18-12-19(23-28-10-5-11-29-23)21(20(32-18)16-6-8-25(26,27)9-7-16)33-24(34)17-13-30-22(15(2)3)31-14-17/h5,10-16H,4,6-9H2,1-3H3,(H,33,34). The molecule has 4 rings (SSSR count). The van der Waals surface area contributed by atoms with Gasteiger partial charge in [-0.05, 0) is 31.4 Å². The molecule has 178 valence electrons. The molecule has 0 saturated heterocycles. The first-order valence-electron chi connectivity index (χ1n) is 11.6. The third-order valence-electron chi connectivity index (χ3n) is 6.06. The number of nitrogens with one attached hydrogen (secondary N) is 1. The number of halogens is 2. The van der Waals surface area contributed by atoms with Crippen LogP contribution in [0.1, 0.15) is 85.9 Å². The predicted molar refractivity (Wildman–Crippen MR) is 125 cm³/mol. The number of pyridine rings is 1. The van der Waals surface area contributed by atoms with Crippen LogP contribution in [-0.2, 0) is 6.42 Å². The van der Waals surface area contributed by atoms with E-state index >= 15 is 0 Å². The lowest BCUT2D eigenvalue weighted by Gasteiger charge is -2.30. The molecule has 34 heavy (non-hydrogen) atoms. The first-order chi connectivity index (χ1) is 16.3. The second-order valence-corrected chi connectivity index (χ2v) is 8.92. The third-order valence-corrected chi connectivity index (χ3v) is 6.06. The van der Waals surface area contributed by atoms with E-state index in [0.717, 1.165) is 5.69 Å². The second-order valence-electron chi connectivity index (χ2n) is 8.92. The molecule has 0 radical (unpaired) electrons. The molecule has 1 amide bonds. The summed E-state index contributed by atoms with van der Waals surface area (Å²) >= 11 is 0. The molecule has 0 aromatic carbocycles. The first kappa shape index (κ1) is 23.8. The average molecular weight is 467 g/mol. The van der Waals surface area contributed by atoms with Crippen LogP contribution in [0.15, 0.2) is 36.9 Å². The Morgan fingerprint density at radius 1 is 1.12 bits per heavy atom. The number of rotatable bonds is 6. The van der Waals surface area contributed by atoms with Crippen molar-refractivity contribution in [3.63, 3.8) is 0 Å². The molecule has 0 unspecified atom stereocenters. The number of aryl methyl sites for hydroxylation is 1. The van der Waals surface area contributed by atoms with E-state index in [9.17, 15) is 13.6 Å². The monoisotopic (exact) mass is 466 g/mol. The normalized spacial score (nSPS) is 15.9. The smallest absolute Gasteiger partial charge is 0.258 e. The van der Waals surface area contributed by atoms with Crippen molar-refractivity contribution < 1.29 is 13.6 Å². The molecule has 7 nitrogen and oxygen atoms in total. The highest BCUT2D eigenvalue weighted by Crippen LogP contribution is 2.44. The maximum atomic E-state index is 13.9. The SMILES string of the molecule is CCc1cc(-c2ncccn2)c(NC(=O)c2cnc(C(C)C)nc2)c(C2CCC(F)(F)CC2)n1. The molecule has 1 aliphatic carbocycles. The Hall–Kier alpha value is -3.36. The van der Waals surface area contributed by atoms with Gasteiger partial charge in [-0.3, -0.25) is 9.78 Å². The number of aromatic nitrogens is 5. The van der Waals surface area contributed by atoms with Gasteiger partial charge >= 0.3 is 0 Å². The second kappa shape index (κ2) is 9.87. The molecule has 1 aliphatic rings. The quantitative estimate of drug-likeness (QED) is 0.511. The summed E-state index contributed by atoms with van der Waals surface area (Å²) in [6, 6.07) is 3.56. The fourth-order valence-electron chi connectivity index (χ4n) is 4.09. The van der Waals surface area contributed by atoms with Crippen molar-refractivity contribution in [2.24, 2.45) is 0 Å². The van der Waals surface area contributed by atoms with Gasteiger partial charge in [0.25, 0.3) is 5.91 Å². The van der Waals surface area contributed by atoms with E-state index in [1.54, 1.807) is 18.5 Å². The minimum Gasteiger partial charge on any atom is -0.320 e. The molecule has 1 fully saturated rings. The largest absolute Gasteiger partial charge is 0.320 e. The summed E-state index contributed by atoms with van der Waals surface area (Å²) in [5.41, 5.74) is 2.76. The Balaban J connectivity index is 1.77. The van der Waals surface area contributed by atoms with Crippen molar-refractivity contribution in [1.82, 2.24) is 24.9 Å². The lowest BCUT2D eigenvalue weighted by Crippen LogP contribution is -2.25. The molecule has 3 aromatic rings. The summed E-state index contributed by atoms with van der Waals surface area (Å²) in [5, 5.41) is 2.96. The molecule has 9 heteroatoms. The van der Waals surface area contributed by atoms with E-state index in [0.29, 0.717) is 40.6 Å². The molecular weight excluding hydrogens is 438 g/mol. The van der Waals surface area contributed by atoms with Gasteiger partial charge in [0.05, 0.1) is 16.9 Å². The Morgan fingerprint density at radius 2 is 1.76 bits per heavy atom. The summed E-state index contributed by atoms with van der Waals surface area (Å²) in [6.07, 6.45) is 7.05. The van der Waals surface area contributed by atoms with Crippen LogP contribution in [0.4, 0.5) is 14.5 Å². The van der Waals surface area contributed by atoms with Crippen molar-refractivity contribution in [3.8, 4) is 11.4 Å². The molecule has 0 spiro atoms. The van der Waals surface area contributed by atoms with Gasteiger partial charge in [-0.25, -0.2) is 28.7 Å². The number of amides is 1. The summed E-state index contributed by atoms with van der Waals surface area (Å²) in [5.74, 6) is -2.05. The van der Waals surface area contributed by atoms with Crippen molar-refractivity contribution in [1.29, 1.82) is 0 Å². The van der Waals surface area contributed by atoms with Crippen LogP contribution in [-0.4, -0.2) is 36.7 Å². The summed E-state index contributed by atoms with van der Waals surface area (Å²) in [4.78, 5) is 35.3. The summed E-state index contributed by atoms with van der Waals surface area (Å²) < 4.78 is 27.8. The van der Waals surface area contributed by atoms with Gasteiger partial charge in [0.15, 0.2) is 5.82 Å². The maximum Gasteiger partial charge on any atom is 0.258 e. The zero-order chi connectivity index (χ0) is 24.3. The molecule has 1 saturated carbocycles. The van der Waals surface area contributed by atoms with Gasteiger partial charge in [0.1, 0.15) is 5.82 Å². The lowest BCUT2D eigenvalue weighted by atomic mass is 9.83. The van der Waals surface area contributed by atoms with Gasteiger partial charge in [-0.2, -0.15) is 0 Å². The number of hydrogen-bond acceptors (Lipinski definition) is 6. The zero-order valence-corrected chi connectivity index (χ0v) is 19.6. The minimum atomic E-state index is -2.66. The van der Waals surface area contributed by atoms with Crippen LogP contribution in [0.2, 0.25) is 0 Å². The fraction of sp³-hybridized carbons (Fsp3) is 0.440. The van der Waals surface area contributed by atoms with Crippen molar-refractivity contribution in [3.05, 3.63) is 59.7 Å². The van der Waals surface area contributed by atoms with Crippen LogP contribution in [0.3, 0.4) is 0 Å². The Morgan fingerprint density at radius 3 is 2.35 bits per heavy atom. The minimum absolute atomic E-state index is 0.140. The van der Waals surface area contributed by atoms with Crippen LogP contribution < -0.4 is 5.32 Å². The third kappa shape index (κ3) is 5.24. The van der Waals surface area contributed by atoms with Crippen LogP contribution in [0.5, 0.6) is 0 Å². The molecule has 3 aromatic heterocycles. The highest BCUT2D eigenvalue weighted by molar-refractivity contribution is 6.06. The Labute approximate surface area is 197 Å². The van der Waals surface area contributed by atoms with E-state index < -0.39 is 11.8 Å². The van der Waals surface area contributed by atoms with Gasteiger partial charge in [-0.15, -0.1) is 0 Å². The van der Waals surface area contributed by atoms with E-state index in [2.05, 4.69) is 25.3 Å². The van der Waals surface area contributed by atoms with Crippen molar-refractivity contribution >= 4 is 11.6 Å². The first-order valence-corrected chi connectivity index (χ1v) is 11.6. The summed E-state index contributed by atoms with van der Waals surface area (Å²) in [6.45, 7) is 5.92. The number of nitrogens with zero attached hydrogens (tertiary/aromatic N) is 5. The highest BCUT2D eigenvalue weighted by atomic mass is 19.3. The highest BCUT2D eigenvalue weighted by Gasteiger charge is 2.37. The Kier molecular flexibility index (Phi) is 6.90. The molecular formula is C25H28F2N6O. The molecule has 3 heterocycles. The lowest BCUT2D eigenvalue weighted by molar-refractivity contribution is -0.0384. The number of alkyl halides is 2. The van der Waals surface area contributed by atoms with Gasteiger partial charge in [0, 0.05) is 60.7 Å². The van der Waals surface area contributed by atoms with E-state index in [4.69, 9.17) is 4.98 Å². The van der Waals surface area contributed by atoms with E-state index in [1.165, 1.54) is 12.4 Å². The van der Waals surface area contributed by atoms with Crippen LogP contribution in [0.25, 0.3) is 11.4 Å². The maximum absolute atomic E-state index is 13.9. The average Bonchev–Trinajstić information content (AvgIpc) is 2.84. The van der Waals surface area contributed by atoms with Gasteiger partial charge in [-0.1, -0.05) is 20.8 Å². The van der Waals surface area contributed by atoms with Crippen LogP contribution in [0, 0.1) is 0 Å². The van der Waals surface area contributed by atoms with Gasteiger partial charge < -0.3 is 5.32 Å². The molecule has 0 aliphatic heterocycles. The number of carbonyl (C=O) groups excluding carboxylic acids is 1. The molecule has 0 bridgehead atoms. The molecule has 0 atom stereocenters. The van der Waals surface area contributed by atoms with Crippen LogP contribution >= 0.6 is 0 Å². The van der Waals surface area contributed by atoms with Crippen molar-refractivity contribution in [2.45, 2.75) is 70.6 Å². The number of hydrogen-bond donors (Lipinski definition) is 1. The predicted octanol–water partition coefficient (Wildman–Crippen LogP) is 5.56. The van der Waals surface area contributed by atoms with Gasteiger partial charge in [0.2, 0.25) is 5.92 Å². The number of anilines is 1. The molecule has 1 N–H and O–H groups in total. The Bertz CT molecular complexity index is 1140. The van der Waals surface area contributed by atoms with E-state index in [-0.39, 0.29) is 37.5 Å². The van der Waals surface area contributed by atoms with Crippen molar-refractivity contribution in [2.75, 3.05) is 5.32 Å². The van der Waals surface area contributed by atoms with E-state index in [1.807, 2.05) is 26.8 Å². The number of carbonyl (C=O) groups is 1. The fourth-order valence-corrected chi connectivity index (χ4v) is 4.09.